The molecule has 4 amide bonds. The Morgan fingerprint density at radius 3 is 2.40 bits per heavy atom. The predicted molar refractivity (Wildman–Crippen MR) is 203 cm³/mol. The van der Waals surface area contributed by atoms with Crippen LogP contribution in [0.5, 0.6) is 0 Å². The number of thiazole rings is 1. The number of aliphatic hydroxyl groups is 1. The zero-order valence-electron chi connectivity index (χ0n) is 31.4. The Bertz CT molecular complexity index is 1380. The van der Waals surface area contributed by atoms with Crippen LogP contribution >= 0.6 is 11.3 Å². The molecule has 2 fully saturated rings. The molecule has 2 heterocycles. The highest BCUT2D eigenvalue weighted by molar-refractivity contribution is 7.07. The normalized spacial score (nSPS) is 18.3. The molecule has 1 aliphatic heterocycles. The molecule has 4 N–H and O–H groups in total. The first kappa shape index (κ1) is 41.6. The van der Waals surface area contributed by atoms with Crippen LogP contribution < -0.4 is 11.1 Å². The number of carbonyl (C=O) groups excluding carboxylic acids is 4. The third kappa shape index (κ3) is 12.5. The Kier molecular flexibility index (Phi) is 17.2. The molecule has 0 unspecified atom stereocenters. The van der Waals surface area contributed by atoms with E-state index in [2.05, 4.69) is 17.2 Å². The maximum Gasteiger partial charge on any atom is 0.246 e. The second kappa shape index (κ2) is 21.5. The number of benzene rings is 1. The second-order valence-electron chi connectivity index (χ2n) is 15.0. The standard InChI is InChI=1S/C40H61N5O6S/c1-4-5-16-42-38(48)33(28(2)3)25-36(46)35(22-30-14-10-7-11-15-30)45(40(50)34(41)24-32-26-52-27-43-32)39(49)31(21-29-12-8-6-9-13-29)23-37(47)44-17-19-51-20-18-44/h6,8-9,12-13,26-28,30-31,33-36,46H,4-5,7,10-11,14-25,41H2,1-3H3,(H,42,48)/t31-,33+,34+,35+,36+/m1/s1. The smallest absolute Gasteiger partial charge is 0.246 e. The highest BCUT2D eigenvalue weighted by Gasteiger charge is 2.43. The zero-order chi connectivity index (χ0) is 37.5. The van der Waals surface area contributed by atoms with Crippen LogP contribution in [0.1, 0.15) is 96.2 Å². The molecule has 0 radical (unpaired) electrons. The van der Waals surface area contributed by atoms with Crippen LogP contribution in [0.15, 0.2) is 41.2 Å². The summed E-state index contributed by atoms with van der Waals surface area (Å²) in [6, 6.07) is 7.48. The lowest BCUT2D eigenvalue weighted by atomic mass is 9.80. The number of imide groups is 1. The number of hydrogen-bond acceptors (Lipinski definition) is 9. The molecular formula is C40H61N5O6S. The van der Waals surface area contributed by atoms with Gasteiger partial charge in [0.1, 0.15) is 0 Å². The van der Waals surface area contributed by atoms with Gasteiger partial charge in [0.2, 0.25) is 23.6 Å². The highest BCUT2D eigenvalue weighted by atomic mass is 32.1. The van der Waals surface area contributed by atoms with E-state index in [9.17, 15) is 19.5 Å². The third-order valence-corrected chi connectivity index (χ3v) is 11.3. The Balaban J connectivity index is 1.74. The quantitative estimate of drug-likeness (QED) is 0.175. The molecule has 1 aromatic heterocycles. The summed E-state index contributed by atoms with van der Waals surface area (Å²) in [5.74, 6) is -2.74. The van der Waals surface area contributed by atoms with Gasteiger partial charge in [-0.1, -0.05) is 89.6 Å². The predicted octanol–water partition coefficient (Wildman–Crippen LogP) is 4.75. The van der Waals surface area contributed by atoms with Gasteiger partial charge in [-0.3, -0.25) is 24.1 Å². The molecule has 2 aliphatic rings. The van der Waals surface area contributed by atoms with Gasteiger partial charge in [0.05, 0.1) is 48.5 Å². The van der Waals surface area contributed by atoms with E-state index in [1.807, 2.05) is 49.6 Å². The fraction of sp³-hybridized carbons (Fsp3) is 0.675. The number of aromatic nitrogens is 1. The lowest BCUT2D eigenvalue weighted by molar-refractivity contribution is -0.157. The first-order valence-corrected chi connectivity index (χ1v) is 20.4. The van der Waals surface area contributed by atoms with Gasteiger partial charge >= 0.3 is 0 Å². The summed E-state index contributed by atoms with van der Waals surface area (Å²) in [4.78, 5) is 64.4. The monoisotopic (exact) mass is 739 g/mol. The maximum atomic E-state index is 15.2. The summed E-state index contributed by atoms with van der Waals surface area (Å²) in [7, 11) is 0. The lowest BCUT2D eigenvalue weighted by Crippen LogP contribution is -2.58. The Morgan fingerprint density at radius 1 is 1.06 bits per heavy atom. The van der Waals surface area contributed by atoms with E-state index >= 15 is 4.79 Å². The molecule has 5 atom stereocenters. The van der Waals surface area contributed by atoms with E-state index in [1.54, 1.807) is 10.4 Å². The fourth-order valence-corrected chi connectivity index (χ4v) is 8.15. The van der Waals surface area contributed by atoms with Gasteiger partial charge in [-0.15, -0.1) is 11.3 Å². The number of morpholine rings is 1. The van der Waals surface area contributed by atoms with Crippen molar-refractivity contribution in [2.24, 2.45) is 29.4 Å². The molecule has 2 aromatic rings. The minimum atomic E-state index is -1.18. The van der Waals surface area contributed by atoms with Gasteiger partial charge in [-0.2, -0.15) is 0 Å². The number of carbonyl (C=O) groups is 4. The van der Waals surface area contributed by atoms with Crippen molar-refractivity contribution in [1.82, 2.24) is 20.1 Å². The van der Waals surface area contributed by atoms with Crippen molar-refractivity contribution in [2.45, 2.75) is 116 Å². The molecule has 288 valence electrons. The van der Waals surface area contributed by atoms with Gasteiger partial charge in [-0.05, 0) is 43.1 Å². The summed E-state index contributed by atoms with van der Waals surface area (Å²) >= 11 is 1.40. The van der Waals surface area contributed by atoms with Gasteiger partial charge in [0.25, 0.3) is 0 Å². The Hall–Kier alpha value is -3.19. The number of aliphatic hydroxyl groups excluding tert-OH is 1. The number of unbranched alkanes of at least 4 members (excludes halogenated alkanes) is 1. The van der Waals surface area contributed by atoms with E-state index in [0.717, 1.165) is 50.5 Å². The van der Waals surface area contributed by atoms with Gasteiger partial charge in [-0.25, -0.2) is 4.98 Å². The highest BCUT2D eigenvalue weighted by Crippen LogP contribution is 2.33. The maximum absolute atomic E-state index is 15.2. The lowest BCUT2D eigenvalue weighted by Gasteiger charge is -2.40. The average Bonchev–Trinajstić information content (AvgIpc) is 3.67. The van der Waals surface area contributed by atoms with E-state index in [4.69, 9.17) is 10.5 Å². The van der Waals surface area contributed by atoms with Gasteiger partial charge < -0.3 is 25.8 Å². The number of hydrogen-bond donors (Lipinski definition) is 3. The minimum absolute atomic E-state index is 0.0848. The molecule has 0 bridgehead atoms. The van der Waals surface area contributed by atoms with Crippen LogP contribution in [-0.4, -0.2) is 94.6 Å². The van der Waals surface area contributed by atoms with Crippen LogP contribution in [-0.2, 0) is 36.8 Å². The van der Waals surface area contributed by atoms with E-state index in [0.29, 0.717) is 45.0 Å². The number of rotatable bonds is 19. The van der Waals surface area contributed by atoms with Gasteiger partial charge in [0.15, 0.2) is 0 Å². The summed E-state index contributed by atoms with van der Waals surface area (Å²) in [6.07, 6.45) is 6.43. The van der Waals surface area contributed by atoms with Gasteiger partial charge in [0, 0.05) is 43.8 Å². The number of nitrogens with one attached hydrogen (secondary N) is 1. The van der Waals surface area contributed by atoms with Crippen molar-refractivity contribution in [3.8, 4) is 0 Å². The summed E-state index contributed by atoms with van der Waals surface area (Å²) in [5, 5.41) is 17.1. The number of nitrogens with zero attached hydrogens (tertiary/aromatic N) is 3. The molecule has 1 saturated heterocycles. The van der Waals surface area contributed by atoms with Crippen molar-refractivity contribution in [3.05, 3.63) is 52.5 Å². The minimum Gasteiger partial charge on any atom is -0.391 e. The fourth-order valence-electron chi connectivity index (χ4n) is 7.58. The first-order valence-electron chi connectivity index (χ1n) is 19.4. The molecule has 1 aliphatic carbocycles. The van der Waals surface area contributed by atoms with Crippen molar-refractivity contribution >= 4 is 35.0 Å². The van der Waals surface area contributed by atoms with Crippen LogP contribution in [0, 0.1) is 23.7 Å². The molecule has 1 saturated carbocycles. The van der Waals surface area contributed by atoms with Crippen molar-refractivity contribution in [2.75, 3.05) is 32.8 Å². The number of amides is 4. The van der Waals surface area contributed by atoms with Crippen LogP contribution in [0.3, 0.4) is 0 Å². The van der Waals surface area contributed by atoms with E-state index < -0.39 is 41.8 Å². The summed E-state index contributed by atoms with van der Waals surface area (Å²) in [5.41, 5.74) is 9.83. The van der Waals surface area contributed by atoms with Crippen molar-refractivity contribution < 1.29 is 29.0 Å². The Labute approximate surface area is 314 Å². The summed E-state index contributed by atoms with van der Waals surface area (Å²) in [6.45, 7) is 8.25. The molecule has 4 rings (SSSR count). The largest absolute Gasteiger partial charge is 0.391 e. The molecule has 12 heteroatoms. The molecule has 0 spiro atoms. The van der Waals surface area contributed by atoms with E-state index in [-0.39, 0.29) is 49.3 Å². The van der Waals surface area contributed by atoms with Crippen molar-refractivity contribution in [1.29, 1.82) is 0 Å². The molecular weight excluding hydrogens is 679 g/mol. The first-order chi connectivity index (χ1) is 25.1. The van der Waals surface area contributed by atoms with Crippen LogP contribution in [0.2, 0.25) is 0 Å². The molecule has 1 aromatic carbocycles. The second-order valence-corrected chi connectivity index (χ2v) is 15.7. The molecule has 52 heavy (non-hydrogen) atoms. The zero-order valence-corrected chi connectivity index (χ0v) is 32.2. The third-order valence-electron chi connectivity index (χ3n) is 10.7. The summed E-state index contributed by atoms with van der Waals surface area (Å²) < 4.78 is 5.47. The molecule has 11 nitrogen and oxygen atoms in total. The Morgan fingerprint density at radius 2 is 1.77 bits per heavy atom. The van der Waals surface area contributed by atoms with Crippen molar-refractivity contribution in [3.63, 3.8) is 0 Å². The number of nitrogens with two attached hydrogens (primary N) is 1. The van der Waals surface area contributed by atoms with Crippen LogP contribution in [0.4, 0.5) is 0 Å². The average molecular weight is 740 g/mol. The van der Waals surface area contributed by atoms with Crippen LogP contribution in [0.25, 0.3) is 0 Å². The van der Waals surface area contributed by atoms with E-state index in [1.165, 1.54) is 16.2 Å². The SMILES string of the molecule is CCCCNC(=O)[C@@H](C[C@H](O)[C@H](CC1CCCCC1)N(C(=O)[C@@H](CC(=O)N1CCOCC1)Cc1ccccc1)C(=O)[C@@H](N)Cc1cscn1)C(C)C. The number of ether oxygens (including phenoxy) is 1. The topological polar surface area (TPSA) is 155 Å².